The molecule has 1 saturated carbocycles. The average molecular weight is 295 g/mol. The summed E-state index contributed by atoms with van der Waals surface area (Å²) >= 11 is 0. The molecule has 2 heterocycles. The van der Waals surface area contributed by atoms with Crippen LogP contribution in [0.3, 0.4) is 0 Å². The largest absolute Gasteiger partial charge is 0.468 e. The van der Waals surface area contributed by atoms with E-state index >= 15 is 0 Å². The molecule has 0 spiro atoms. The number of fused-ring (bicyclic) bond motifs is 1. The maximum Gasteiger partial charge on any atom is 0.323 e. The Morgan fingerprint density at radius 1 is 1.19 bits per heavy atom. The SMILES string of the molecule is COC(=O)[C@@H]1C[C@@H]2CCCC[C@@H]2N1CC[C@@H]1CCCCO1. The van der Waals surface area contributed by atoms with Gasteiger partial charge in [0.2, 0.25) is 0 Å². The van der Waals surface area contributed by atoms with Crippen molar-refractivity contribution in [2.24, 2.45) is 5.92 Å². The molecule has 4 nitrogen and oxygen atoms in total. The summed E-state index contributed by atoms with van der Waals surface area (Å²) in [7, 11) is 1.52. The molecule has 0 aromatic carbocycles. The predicted octanol–water partition coefficient (Wildman–Crippen LogP) is 2.75. The number of ether oxygens (including phenoxy) is 2. The summed E-state index contributed by atoms with van der Waals surface area (Å²) in [5.74, 6) is 0.670. The summed E-state index contributed by atoms with van der Waals surface area (Å²) in [5.41, 5.74) is 0. The van der Waals surface area contributed by atoms with Crippen LogP contribution in [0.1, 0.15) is 57.8 Å². The van der Waals surface area contributed by atoms with Crippen molar-refractivity contribution >= 4 is 5.97 Å². The van der Waals surface area contributed by atoms with E-state index in [9.17, 15) is 4.79 Å². The van der Waals surface area contributed by atoms with Gasteiger partial charge in [0.25, 0.3) is 0 Å². The van der Waals surface area contributed by atoms with Crippen LogP contribution < -0.4 is 0 Å². The van der Waals surface area contributed by atoms with Crippen LogP contribution in [0, 0.1) is 5.92 Å². The molecule has 3 rings (SSSR count). The Morgan fingerprint density at radius 3 is 2.76 bits per heavy atom. The first-order chi connectivity index (χ1) is 10.3. The van der Waals surface area contributed by atoms with Crippen molar-refractivity contribution in [3.63, 3.8) is 0 Å². The van der Waals surface area contributed by atoms with Gasteiger partial charge in [0.15, 0.2) is 0 Å². The lowest BCUT2D eigenvalue weighted by atomic mass is 9.84. The number of likely N-dealkylation sites (tertiary alicyclic amines) is 1. The zero-order chi connectivity index (χ0) is 14.7. The third-order valence-corrected chi connectivity index (χ3v) is 5.68. The molecule has 0 aromatic heterocycles. The number of hydrogen-bond donors (Lipinski definition) is 0. The van der Waals surface area contributed by atoms with Gasteiger partial charge in [0, 0.05) is 19.2 Å². The third kappa shape index (κ3) is 3.42. The Hall–Kier alpha value is -0.610. The van der Waals surface area contributed by atoms with Crippen molar-refractivity contribution in [3.05, 3.63) is 0 Å². The molecule has 1 aliphatic carbocycles. The lowest BCUT2D eigenvalue weighted by Gasteiger charge is -2.34. The molecule has 0 amide bonds. The number of carbonyl (C=O) groups is 1. The molecule has 0 unspecified atom stereocenters. The molecule has 2 saturated heterocycles. The molecular formula is C17H29NO3. The van der Waals surface area contributed by atoms with Crippen LogP contribution in [0.25, 0.3) is 0 Å². The van der Waals surface area contributed by atoms with Gasteiger partial charge in [-0.05, 0) is 50.9 Å². The first kappa shape index (κ1) is 15.3. The molecule has 120 valence electrons. The lowest BCUT2D eigenvalue weighted by molar-refractivity contribution is -0.146. The van der Waals surface area contributed by atoms with Crippen LogP contribution in [-0.2, 0) is 14.3 Å². The fraction of sp³-hybridized carbons (Fsp3) is 0.941. The monoisotopic (exact) mass is 295 g/mol. The van der Waals surface area contributed by atoms with Gasteiger partial charge in [0.05, 0.1) is 13.2 Å². The number of esters is 1. The highest BCUT2D eigenvalue weighted by Crippen LogP contribution is 2.40. The van der Waals surface area contributed by atoms with Crippen LogP contribution in [0.4, 0.5) is 0 Å². The van der Waals surface area contributed by atoms with E-state index < -0.39 is 0 Å². The maximum absolute atomic E-state index is 12.1. The second kappa shape index (κ2) is 7.10. The van der Waals surface area contributed by atoms with Crippen molar-refractivity contribution in [1.82, 2.24) is 4.90 Å². The quantitative estimate of drug-likeness (QED) is 0.748. The first-order valence-electron chi connectivity index (χ1n) is 8.74. The minimum absolute atomic E-state index is 0.00769. The number of methoxy groups -OCH3 is 1. The minimum Gasteiger partial charge on any atom is -0.468 e. The van der Waals surface area contributed by atoms with Crippen LogP contribution in [0.5, 0.6) is 0 Å². The van der Waals surface area contributed by atoms with E-state index in [0.29, 0.717) is 18.1 Å². The van der Waals surface area contributed by atoms with E-state index in [0.717, 1.165) is 26.0 Å². The maximum atomic E-state index is 12.1. The van der Waals surface area contributed by atoms with Crippen molar-refractivity contribution in [1.29, 1.82) is 0 Å². The van der Waals surface area contributed by atoms with E-state index in [-0.39, 0.29) is 12.0 Å². The number of carbonyl (C=O) groups excluding carboxylic acids is 1. The number of hydrogen-bond acceptors (Lipinski definition) is 4. The predicted molar refractivity (Wildman–Crippen MR) is 81.1 cm³/mol. The summed E-state index contributed by atoms with van der Waals surface area (Å²) in [6.07, 6.45) is 11.3. The summed E-state index contributed by atoms with van der Waals surface area (Å²) in [4.78, 5) is 14.6. The Labute approximate surface area is 128 Å². The molecule has 3 fully saturated rings. The van der Waals surface area contributed by atoms with Gasteiger partial charge < -0.3 is 9.47 Å². The van der Waals surface area contributed by atoms with Crippen LogP contribution in [0.15, 0.2) is 0 Å². The first-order valence-corrected chi connectivity index (χ1v) is 8.74. The minimum atomic E-state index is -0.0334. The Kier molecular flexibility index (Phi) is 5.17. The zero-order valence-corrected chi connectivity index (χ0v) is 13.3. The highest BCUT2D eigenvalue weighted by atomic mass is 16.5. The van der Waals surface area contributed by atoms with Crippen LogP contribution >= 0.6 is 0 Å². The Bertz CT molecular complexity index is 354. The van der Waals surface area contributed by atoms with Gasteiger partial charge in [-0.1, -0.05) is 12.8 Å². The summed E-state index contributed by atoms with van der Waals surface area (Å²) < 4.78 is 10.9. The van der Waals surface area contributed by atoms with Crippen molar-refractivity contribution in [2.75, 3.05) is 20.3 Å². The van der Waals surface area contributed by atoms with Crippen molar-refractivity contribution in [2.45, 2.75) is 76.0 Å². The van der Waals surface area contributed by atoms with Gasteiger partial charge >= 0.3 is 5.97 Å². The molecule has 0 bridgehead atoms. The topological polar surface area (TPSA) is 38.8 Å². The summed E-state index contributed by atoms with van der Waals surface area (Å²) in [5, 5.41) is 0. The molecule has 0 aromatic rings. The van der Waals surface area contributed by atoms with Gasteiger partial charge in [-0.2, -0.15) is 0 Å². The van der Waals surface area contributed by atoms with E-state index in [1.54, 1.807) is 0 Å². The molecule has 0 radical (unpaired) electrons. The van der Waals surface area contributed by atoms with Gasteiger partial charge in [-0.15, -0.1) is 0 Å². The van der Waals surface area contributed by atoms with E-state index in [4.69, 9.17) is 9.47 Å². The molecule has 3 aliphatic rings. The van der Waals surface area contributed by atoms with E-state index in [1.165, 1.54) is 52.1 Å². The van der Waals surface area contributed by atoms with Gasteiger partial charge in [0.1, 0.15) is 6.04 Å². The van der Waals surface area contributed by atoms with Crippen LogP contribution in [0.2, 0.25) is 0 Å². The molecule has 0 N–H and O–H groups in total. The van der Waals surface area contributed by atoms with Crippen molar-refractivity contribution in [3.8, 4) is 0 Å². The smallest absolute Gasteiger partial charge is 0.323 e. The third-order valence-electron chi connectivity index (χ3n) is 5.68. The standard InChI is InChI=1S/C17H29NO3/c1-20-17(19)16-12-13-6-2-3-8-15(13)18(16)10-9-14-7-4-5-11-21-14/h13-16H,2-12H2,1H3/t13-,14-,15-,16-/m0/s1. The lowest BCUT2D eigenvalue weighted by Crippen LogP contribution is -2.44. The zero-order valence-electron chi connectivity index (χ0n) is 13.3. The Balaban J connectivity index is 1.61. The fourth-order valence-corrected chi connectivity index (χ4v) is 4.57. The van der Waals surface area contributed by atoms with Crippen LogP contribution in [-0.4, -0.2) is 49.3 Å². The number of rotatable bonds is 4. The highest BCUT2D eigenvalue weighted by molar-refractivity contribution is 5.76. The fourth-order valence-electron chi connectivity index (χ4n) is 4.57. The molecule has 2 aliphatic heterocycles. The van der Waals surface area contributed by atoms with Gasteiger partial charge in [-0.3, -0.25) is 9.69 Å². The second-order valence-corrected chi connectivity index (χ2v) is 6.90. The summed E-state index contributed by atoms with van der Waals surface area (Å²) in [6, 6.07) is 0.595. The molecule has 21 heavy (non-hydrogen) atoms. The molecule has 4 heteroatoms. The van der Waals surface area contributed by atoms with E-state index in [2.05, 4.69) is 4.90 Å². The summed E-state index contributed by atoms with van der Waals surface area (Å²) in [6.45, 7) is 1.91. The second-order valence-electron chi connectivity index (χ2n) is 6.90. The molecule has 4 atom stereocenters. The normalized spacial score (nSPS) is 37.2. The average Bonchev–Trinajstić information content (AvgIpc) is 2.92. The highest BCUT2D eigenvalue weighted by Gasteiger charge is 2.45. The number of nitrogens with zero attached hydrogens (tertiary/aromatic N) is 1. The van der Waals surface area contributed by atoms with Gasteiger partial charge in [-0.25, -0.2) is 0 Å². The van der Waals surface area contributed by atoms with E-state index in [1.807, 2.05) is 0 Å². The molecular weight excluding hydrogens is 266 g/mol. The van der Waals surface area contributed by atoms with Crippen molar-refractivity contribution < 1.29 is 14.3 Å². The Morgan fingerprint density at radius 2 is 2.00 bits per heavy atom.